The van der Waals surface area contributed by atoms with E-state index in [9.17, 15) is 10.1 Å². The summed E-state index contributed by atoms with van der Waals surface area (Å²) in [5.41, 5.74) is 5.92. The molecule has 19 heavy (non-hydrogen) atoms. The Morgan fingerprint density at radius 3 is 2.53 bits per heavy atom. The Morgan fingerprint density at radius 1 is 1.37 bits per heavy atom. The van der Waals surface area contributed by atoms with Gasteiger partial charge in [0, 0.05) is 24.2 Å². The molecule has 0 unspecified atom stereocenters. The van der Waals surface area contributed by atoms with Crippen molar-refractivity contribution in [2.75, 3.05) is 6.54 Å². The van der Waals surface area contributed by atoms with E-state index in [4.69, 9.17) is 10.3 Å². The molecular weight excluding hydrogens is 248 g/mol. The molecule has 0 fully saturated rings. The minimum absolute atomic E-state index is 0.0229. The van der Waals surface area contributed by atoms with Crippen molar-refractivity contribution < 1.29 is 9.45 Å². The van der Waals surface area contributed by atoms with Gasteiger partial charge in [0.05, 0.1) is 10.3 Å². The summed E-state index contributed by atoms with van der Waals surface area (Å²) >= 11 is 0. The molecule has 2 N–H and O–H groups in total. The van der Waals surface area contributed by atoms with E-state index in [-0.39, 0.29) is 5.69 Å². The summed E-state index contributed by atoms with van der Waals surface area (Å²) in [6.45, 7) is 4.19. The van der Waals surface area contributed by atoms with E-state index in [0.29, 0.717) is 23.8 Å². The van der Waals surface area contributed by atoms with Crippen molar-refractivity contribution >= 4 is 5.69 Å². The highest BCUT2D eigenvalue weighted by atomic mass is 16.6. The Hall–Kier alpha value is -2.28. The fourth-order valence-electron chi connectivity index (χ4n) is 1.44. The van der Waals surface area contributed by atoms with Crippen LogP contribution in [0.3, 0.4) is 0 Å². The molecule has 0 aliphatic heterocycles. The van der Waals surface area contributed by atoms with E-state index in [1.54, 1.807) is 12.1 Å². The Balaban J connectivity index is 2.30. The maximum absolute atomic E-state index is 10.6. The van der Waals surface area contributed by atoms with Crippen molar-refractivity contribution in [3.05, 3.63) is 40.3 Å². The second-order valence-corrected chi connectivity index (χ2v) is 4.82. The molecule has 0 radical (unpaired) electrons. The number of non-ortho nitro benzene ring substituents is 1. The molecule has 1 aromatic heterocycles. The van der Waals surface area contributed by atoms with Gasteiger partial charge in [-0.1, -0.05) is 5.16 Å². The predicted octanol–water partition coefficient (Wildman–Crippen LogP) is 1.88. The first-order valence-electron chi connectivity index (χ1n) is 5.73. The molecule has 0 atom stereocenters. The molecule has 100 valence electrons. The van der Waals surface area contributed by atoms with Gasteiger partial charge in [-0.25, -0.2) is 0 Å². The van der Waals surface area contributed by atoms with Crippen molar-refractivity contribution in [2.24, 2.45) is 5.73 Å². The molecule has 0 bridgehead atoms. The first-order chi connectivity index (χ1) is 8.94. The van der Waals surface area contributed by atoms with Gasteiger partial charge in [-0.3, -0.25) is 10.1 Å². The number of nitrogens with zero attached hydrogens (tertiary/aromatic N) is 3. The summed E-state index contributed by atoms with van der Waals surface area (Å²) in [6.07, 6.45) is 0. The summed E-state index contributed by atoms with van der Waals surface area (Å²) in [4.78, 5) is 14.4. The van der Waals surface area contributed by atoms with Crippen LogP contribution in [-0.4, -0.2) is 21.6 Å². The van der Waals surface area contributed by atoms with Crippen LogP contribution in [-0.2, 0) is 5.41 Å². The highest BCUT2D eigenvalue weighted by Crippen LogP contribution is 2.24. The van der Waals surface area contributed by atoms with Gasteiger partial charge in [-0.2, -0.15) is 4.98 Å². The van der Waals surface area contributed by atoms with Gasteiger partial charge in [0.25, 0.3) is 5.69 Å². The number of rotatable bonds is 4. The van der Waals surface area contributed by atoms with Crippen LogP contribution < -0.4 is 5.73 Å². The summed E-state index contributed by atoms with van der Waals surface area (Å²) in [7, 11) is 0. The lowest BCUT2D eigenvalue weighted by Crippen LogP contribution is -2.28. The zero-order chi connectivity index (χ0) is 14.0. The summed E-state index contributed by atoms with van der Waals surface area (Å²) in [6, 6.07) is 5.98. The molecule has 7 heteroatoms. The van der Waals surface area contributed by atoms with Crippen LogP contribution in [0, 0.1) is 10.1 Å². The zero-order valence-corrected chi connectivity index (χ0v) is 10.7. The van der Waals surface area contributed by atoms with Gasteiger partial charge in [0.2, 0.25) is 11.7 Å². The van der Waals surface area contributed by atoms with Crippen molar-refractivity contribution in [3.8, 4) is 11.4 Å². The Kier molecular flexibility index (Phi) is 3.30. The predicted molar refractivity (Wildman–Crippen MR) is 68.5 cm³/mol. The van der Waals surface area contributed by atoms with Crippen LogP contribution in [0.4, 0.5) is 5.69 Å². The molecule has 0 saturated heterocycles. The van der Waals surface area contributed by atoms with Crippen molar-refractivity contribution in [3.63, 3.8) is 0 Å². The second-order valence-electron chi connectivity index (χ2n) is 4.82. The fraction of sp³-hybridized carbons (Fsp3) is 0.333. The Labute approximate surface area is 109 Å². The van der Waals surface area contributed by atoms with E-state index in [1.165, 1.54) is 12.1 Å². The standard InChI is InChI=1S/C12H14N4O3/c1-12(2,7-13)11-14-10(15-19-11)8-3-5-9(6-4-8)16(17)18/h3-6H,7,13H2,1-2H3. The van der Waals surface area contributed by atoms with Gasteiger partial charge in [0.1, 0.15) is 0 Å². The third-order valence-corrected chi connectivity index (χ3v) is 2.85. The lowest BCUT2D eigenvalue weighted by Gasteiger charge is -2.15. The molecule has 0 spiro atoms. The van der Waals surface area contributed by atoms with E-state index >= 15 is 0 Å². The molecule has 0 aliphatic rings. The number of benzene rings is 1. The number of nitro groups is 1. The SMILES string of the molecule is CC(C)(CN)c1nc(-c2ccc([N+](=O)[O-])cc2)no1. The minimum atomic E-state index is -0.455. The Morgan fingerprint density at radius 2 is 2.00 bits per heavy atom. The van der Waals surface area contributed by atoms with Crippen LogP contribution in [0.1, 0.15) is 19.7 Å². The second kappa shape index (κ2) is 4.77. The third-order valence-electron chi connectivity index (χ3n) is 2.85. The number of aromatic nitrogens is 2. The molecule has 1 aromatic carbocycles. The molecular formula is C12H14N4O3. The van der Waals surface area contributed by atoms with Gasteiger partial charge < -0.3 is 10.3 Å². The van der Waals surface area contributed by atoms with Crippen molar-refractivity contribution in [1.29, 1.82) is 0 Å². The largest absolute Gasteiger partial charge is 0.338 e. The maximum Gasteiger partial charge on any atom is 0.269 e. The van der Waals surface area contributed by atoms with E-state index in [2.05, 4.69) is 10.1 Å². The van der Waals surface area contributed by atoms with E-state index in [0.717, 1.165) is 0 Å². The smallest absolute Gasteiger partial charge is 0.269 e. The first kappa shape index (κ1) is 13.2. The average molecular weight is 262 g/mol. The van der Waals surface area contributed by atoms with E-state index in [1.807, 2.05) is 13.8 Å². The molecule has 2 rings (SSSR count). The van der Waals surface area contributed by atoms with Gasteiger partial charge >= 0.3 is 0 Å². The highest BCUT2D eigenvalue weighted by Gasteiger charge is 2.26. The third kappa shape index (κ3) is 2.60. The normalized spacial score (nSPS) is 11.5. The monoisotopic (exact) mass is 262 g/mol. The van der Waals surface area contributed by atoms with Crippen molar-refractivity contribution in [2.45, 2.75) is 19.3 Å². The maximum atomic E-state index is 10.6. The number of nitrogens with two attached hydrogens (primary N) is 1. The molecule has 0 aliphatic carbocycles. The van der Waals surface area contributed by atoms with Crippen LogP contribution >= 0.6 is 0 Å². The van der Waals surface area contributed by atoms with Gasteiger partial charge in [-0.05, 0) is 26.0 Å². The quantitative estimate of drug-likeness (QED) is 0.665. The van der Waals surface area contributed by atoms with Gasteiger partial charge in [0.15, 0.2) is 0 Å². The van der Waals surface area contributed by atoms with Crippen LogP contribution in [0.2, 0.25) is 0 Å². The summed E-state index contributed by atoms with van der Waals surface area (Å²) < 4.78 is 5.18. The number of hydrogen-bond acceptors (Lipinski definition) is 6. The average Bonchev–Trinajstić information content (AvgIpc) is 2.89. The van der Waals surface area contributed by atoms with Crippen LogP contribution in [0.15, 0.2) is 28.8 Å². The summed E-state index contributed by atoms with van der Waals surface area (Å²) in [5, 5.41) is 14.4. The highest BCUT2D eigenvalue weighted by molar-refractivity contribution is 5.56. The zero-order valence-electron chi connectivity index (χ0n) is 10.7. The van der Waals surface area contributed by atoms with Crippen molar-refractivity contribution in [1.82, 2.24) is 10.1 Å². The van der Waals surface area contributed by atoms with Crippen LogP contribution in [0.25, 0.3) is 11.4 Å². The minimum Gasteiger partial charge on any atom is -0.338 e. The first-order valence-corrected chi connectivity index (χ1v) is 5.73. The topological polar surface area (TPSA) is 108 Å². The lowest BCUT2D eigenvalue weighted by atomic mass is 9.94. The summed E-state index contributed by atoms with van der Waals surface area (Å²) in [5.74, 6) is 0.842. The molecule has 0 amide bonds. The Bertz CT molecular complexity index is 589. The number of hydrogen-bond donors (Lipinski definition) is 1. The van der Waals surface area contributed by atoms with Crippen LogP contribution in [0.5, 0.6) is 0 Å². The molecule has 1 heterocycles. The van der Waals surface area contributed by atoms with E-state index < -0.39 is 10.3 Å². The fourth-order valence-corrected chi connectivity index (χ4v) is 1.44. The number of nitro benzene ring substituents is 1. The van der Waals surface area contributed by atoms with Gasteiger partial charge in [-0.15, -0.1) is 0 Å². The molecule has 0 saturated carbocycles. The molecule has 7 nitrogen and oxygen atoms in total. The molecule has 2 aromatic rings. The lowest BCUT2D eigenvalue weighted by molar-refractivity contribution is -0.384.